The highest BCUT2D eigenvalue weighted by atomic mass is 32.2. The Balaban J connectivity index is 1.26. The summed E-state index contributed by atoms with van der Waals surface area (Å²) in [5, 5.41) is 21.5. The molecule has 1 heterocycles. The van der Waals surface area contributed by atoms with Gasteiger partial charge < -0.3 is 15.1 Å². The Kier molecular flexibility index (Phi) is 7.75. The van der Waals surface area contributed by atoms with E-state index < -0.39 is 33.4 Å². The molecule has 11 atom stereocenters. The van der Waals surface area contributed by atoms with E-state index in [1.165, 1.54) is 0 Å². The largest absolute Gasteiger partial charge is 0.393 e. The molecule has 0 spiro atoms. The van der Waals surface area contributed by atoms with Gasteiger partial charge in [-0.2, -0.15) is 0 Å². The molecule has 9 heteroatoms. The Bertz CT molecular complexity index is 1050. The molecular formula is C30H49F2NO5S. The molecule has 4 unspecified atom stereocenters. The molecule has 1 aliphatic heterocycles. The lowest BCUT2D eigenvalue weighted by Crippen LogP contribution is -2.62. The van der Waals surface area contributed by atoms with Gasteiger partial charge in [0.05, 0.1) is 17.6 Å². The average Bonchev–Trinajstić information content (AvgIpc) is 3.38. The topological polar surface area (TPSA) is 94.9 Å². The van der Waals surface area contributed by atoms with Crippen LogP contribution >= 0.6 is 0 Å². The van der Waals surface area contributed by atoms with Crippen molar-refractivity contribution in [2.75, 3.05) is 18.1 Å². The summed E-state index contributed by atoms with van der Waals surface area (Å²) in [7, 11) is -3.05. The van der Waals surface area contributed by atoms with Crippen LogP contribution in [-0.4, -0.2) is 71.7 Å². The van der Waals surface area contributed by atoms with E-state index in [9.17, 15) is 32.2 Å². The summed E-state index contributed by atoms with van der Waals surface area (Å²) in [4.78, 5) is 14.9. The smallest absolute Gasteiger partial charge is 0.274 e. The minimum atomic E-state index is -3.08. The van der Waals surface area contributed by atoms with Gasteiger partial charge in [0.15, 0.2) is 9.84 Å². The maximum atomic E-state index is 14.8. The van der Waals surface area contributed by atoms with Crippen molar-refractivity contribution in [1.29, 1.82) is 0 Å². The van der Waals surface area contributed by atoms with Crippen LogP contribution in [0, 0.1) is 46.3 Å². The van der Waals surface area contributed by atoms with E-state index in [4.69, 9.17) is 0 Å². The number of nitrogens with zero attached hydrogens (tertiary/aromatic N) is 1. The number of carbonyl (C=O) groups excluding carboxylic acids is 1. The highest BCUT2D eigenvalue weighted by Crippen LogP contribution is 2.69. The number of amides is 1. The van der Waals surface area contributed by atoms with Crippen LogP contribution in [0.2, 0.25) is 0 Å². The first kappa shape index (κ1) is 29.7. The van der Waals surface area contributed by atoms with Gasteiger partial charge in [-0.05, 0) is 105 Å². The van der Waals surface area contributed by atoms with Gasteiger partial charge in [0, 0.05) is 25.4 Å². The third-order valence-electron chi connectivity index (χ3n) is 12.6. The van der Waals surface area contributed by atoms with Crippen molar-refractivity contribution in [1.82, 2.24) is 4.90 Å². The molecule has 1 amide bonds. The van der Waals surface area contributed by atoms with Gasteiger partial charge in [-0.1, -0.05) is 20.8 Å². The van der Waals surface area contributed by atoms with Gasteiger partial charge >= 0.3 is 0 Å². The molecule has 0 aromatic carbocycles. The Labute approximate surface area is 233 Å². The number of sulfone groups is 1. The number of fused-ring (bicyclic) bond motifs is 5. The summed E-state index contributed by atoms with van der Waals surface area (Å²) in [6.07, 6.45) is 3.62. The lowest BCUT2D eigenvalue weighted by atomic mass is 9.43. The Morgan fingerprint density at radius 1 is 1.05 bits per heavy atom. The molecule has 0 aromatic heterocycles. The maximum absolute atomic E-state index is 14.8. The van der Waals surface area contributed by atoms with Crippen molar-refractivity contribution in [2.45, 2.75) is 116 Å². The van der Waals surface area contributed by atoms with E-state index in [0.717, 1.165) is 32.1 Å². The maximum Gasteiger partial charge on any atom is 0.274 e. The molecule has 4 aliphatic carbocycles. The van der Waals surface area contributed by atoms with Gasteiger partial charge in [-0.3, -0.25) is 4.79 Å². The van der Waals surface area contributed by atoms with Crippen LogP contribution in [0.3, 0.4) is 0 Å². The number of halogens is 2. The van der Waals surface area contributed by atoms with Crippen molar-refractivity contribution >= 4 is 15.7 Å². The molecule has 6 nitrogen and oxygen atoms in total. The standard InChI is InChI=1S/C30H49F2NO5S/c1-5-33(20-11-13-39(37,38)16-20)26(36)9-6-18(2)21-7-8-22-27-23(10-12-28(21,22)3)29(4)17-30(31,32)25(35)15-19(29)14-24(27)34/h18-25,27,34-35H,5-17H2,1-4H3/t18-,19-,20?,21-,22?,23?,24+,25-,27?,28-,29+/m1/s1. The first-order valence-electron chi connectivity index (χ1n) is 15.4. The summed E-state index contributed by atoms with van der Waals surface area (Å²) in [5.41, 5.74) is -0.560. The van der Waals surface area contributed by atoms with Crippen molar-refractivity contribution in [3.8, 4) is 0 Å². The van der Waals surface area contributed by atoms with Gasteiger partial charge in [-0.15, -0.1) is 0 Å². The number of hydrogen-bond acceptors (Lipinski definition) is 5. The van der Waals surface area contributed by atoms with Crippen LogP contribution in [-0.2, 0) is 14.6 Å². The minimum Gasteiger partial charge on any atom is -0.393 e. The molecule has 0 bridgehead atoms. The fourth-order valence-electron chi connectivity index (χ4n) is 10.6. The molecule has 5 fully saturated rings. The zero-order valence-electron chi connectivity index (χ0n) is 24.1. The molecule has 2 N–H and O–H groups in total. The van der Waals surface area contributed by atoms with E-state index >= 15 is 0 Å². The number of aliphatic hydroxyl groups is 2. The molecule has 1 saturated heterocycles. The quantitative estimate of drug-likeness (QED) is 0.482. The van der Waals surface area contributed by atoms with Gasteiger partial charge in [-0.25, -0.2) is 17.2 Å². The van der Waals surface area contributed by atoms with E-state index in [0.29, 0.717) is 37.6 Å². The van der Waals surface area contributed by atoms with Gasteiger partial charge in [0.2, 0.25) is 5.91 Å². The van der Waals surface area contributed by atoms with Crippen LogP contribution in [0.15, 0.2) is 0 Å². The highest BCUT2D eigenvalue weighted by molar-refractivity contribution is 7.91. The Morgan fingerprint density at radius 3 is 2.38 bits per heavy atom. The van der Waals surface area contributed by atoms with E-state index in [2.05, 4.69) is 13.8 Å². The zero-order chi connectivity index (χ0) is 28.5. The number of alkyl halides is 2. The molecule has 224 valence electrons. The predicted molar refractivity (Wildman–Crippen MR) is 146 cm³/mol. The van der Waals surface area contributed by atoms with Gasteiger partial charge in [0.25, 0.3) is 5.92 Å². The van der Waals surface area contributed by atoms with Crippen LogP contribution in [0.25, 0.3) is 0 Å². The van der Waals surface area contributed by atoms with Crippen LogP contribution in [0.5, 0.6) is 0 Å². The van der Waals surface area contributed by atoms with Crippen molar-refractivity contribution < 1.29 is 32.2 Å². The van der Waals surface area contributed by atoms with Crippen molar-refractivity contribution in [2.24, 2.45) is 46.3 Å². The lowest BCUT2D eigenvalue weighted by Gasteiger charge is -2.63. The fraction of sp³-hybridized carbons (Fsp3) is 0.967. The molecular weight excluding hydrogens is 524 g/mol. The van der Waals surface area contributed by atoms with E-state index in [1.807, 2.05) is 13.8 Å². The summed E-state index contributed by atoms with van der Waals surface area (Å²) in [5.74, 6) is -1.84. The number of carbonyl (C=O) groups is 1. The Hall–Kier alpha value is -0.800. The second kappa shape index (κ2) is 10.2. The predicted octanol–water partition coefficient (Wildman–Crippen LogP) is 4.67. The number of hydrogen-bond donors (Lipinski definition) is 2. The summed E-state index contributed by atoms with van der Waals surface area (Å²) in [6.45, 7) is 9.00. The van der Waals surface area contributed by atoms with Crippen LogP contribution < -0.4 is 0 Å². The monoisotopic (exact) mass is 573 g/mol. The third kappa shape index (κ3) is 4.98. The second-order valence-corrected chi connectivity index (χ2v) is 16.7. The van der Waals surface area contributed by atoms with Crippen LogP contribution in [0.1, 0.15) is 91.9 Å². The summed E-state index contributed by atoms with van der Waals surface area (Å²) in [6, 6.07) is -0.210. The first-order valence-corrected chi connectivity index (χ1v) is 17.2. The van der Waals surface area contributed by atoms with Crippen molar-refractivity contribution in [3.63, 3.8) is 0 Å². The average molecular weight is 574 g/mol. The molecule has 0 radical (unpaired) electrons. The molecule has 5 rings (SSSR count). The number of aliphatic hydroxyl groups excluding tert-OH is 2. The zero-order valence-corrected chi connectivity index (χ0v) is 24.9. The lowest BCUT2D eigenvalue weighted by molar-refractivity contribution is -0.236. The highest BCUT2D eigenvalue weighted by Gasteiger charge is 2.66. The molecule has 5 aliphatic rings. The molecule has 39 heavy (non-hydrogen) atoms. The van der Waals surface area contributed by atoms with Crippen molar-refractivity contribution in [3.05, 3.63) is 0 Å². The second-order valence-electron chi connectivity index (χ2n) is 14.5. The summed E-state index contributed by atoms with van der Waals surface area (Å²) < 4.78 is 53.5. The SMILES string of the molecule is CCN(C(=O)CC[C@@H](C)[C@H]1CCC2C3C(CC[C@@]21C)[C@@]1(C)CC(F)(F)[C@H](O)C[C@H]1C[C@@H]3O)C1CCS(=O)(=O)C1. The van der Waals surface area contributed by atoms with E-state index in [1.54, 1.807) is 4.90 Å². The normalized spacial score (nSPS) is 47.1. The van der Waals surface area contributed by atoms with Gasteiger partial charge in [0.1, 0.15) is 6.10 Å². The Morgan fingerprint density at radius 2 is 1.74 bits per heavy atom. The third-order valence-corrected chi connectivity index (χ3v) is 14.3. The van der Waals surface area contributed by atoms with E-state index in [-0.39, 0.29) is 65.4 Å². The molecule has 0 aromatic rings. The number of rotatable bonds is 6. The first-order chi connectivity index (χ1) is 18.1. The fourth-order valence-corrected chi connectivity index (χ4v) is 12.3. The minimum absolute atomic E-state index is 0.00841. The molecule has 4 saturated carbocycles. The summed E-state index contributed by atoms with van der Waals surface area (Å²) >= 11 is 0. The van der Waals surface area contributed by atoms with Crippen LogP contribution in [0.4, 0.5) is 8.78 Å².